The highest BCUT2D eigenvalue weighted by Gasteiger charge is 2.17. The van der Waals surface area contributed by atoms with Crippen molar-refractivity contribution < 1.29 is 4.79 Å². The summed E-state index contributed by atoms with van der Waals surface area (Å²) >= 11 is 1.08. The summed E-state index contributed by atoms with van der Waals surface area (Å²) in [6.45, 7) is 4.11. The predicted molar refractivity (Wildman–Crippen MR) is 39.5 cm³/mol. The van der Waals surface area contributed by atoms with Crippen LogP contribution in [0.3, 0.4) is 0 Å². The number of hydrogen-bond acceptors (Lipinski definition) is 3. The highest BCUT2D eigenvalue weighted by molar-refractivity contribution is 8.13. The molecule has 1 aliphatic rings. The molecular weight excluding hydrogens is 134 g/mol. The van der Waals surface area contributed by atoms with Crippen molar-refractivity contribution in [3.8, 4) is 0 Å². The molecule has 2 nitrogen and oxygen atoms in total. The quantitative estimate of drug-likeness (QED) is 0.522. The first-order chi connectivity index (χ1) is 4.20. The zero-order chi connectivity index (χ0) is 6.85. The Kier molecular flexibility index (Phi) is 1.90. The first kappa shape index (κ1) is 6.81. The van der Waals surface area contributed by atoms with E-state index in [1.54, 1.807) is 0 Å². The van der Waals surface area contributed by atoms with E-state index in [1.165, 1.54) is 0 Å². The number of carbonyl (C=O) groups excluding carboxylic acids is 1. The second-order valence-electron chi connectivity index (χ2n) is 2.38. The standard InChI is InChI=1S/C6H9NOS/c1-4(2)5-3-6(8)9-7-5/h4H,3H2,1-2H3. The zero-order valence-corrected chi connectivity index (χ0v) is 6.36. The van der Waals surface area contributed by atoms with Gasteiger partial charge in [0.15, 0.2) is 0 Å². The zero-order valence-electron chi connectivity index (χ0n) is 5.55. The number of hydrogen-bond donors (Lipinski definition) is 0. The molecule has 50 valence electrons. The molecule has 0 saturated carbocycles. The Hall–Kier alpha value is -0.310. The third-order valence-corrected chi connectivity index (χ3v) is 1.93. The second-order valence-corrected chi connectivity index (χ2v) is 3.20. The monoisotopic (exact) mass is 143 g/mol. The van der Waals surface area contributed by atoms with Crippen LogP contribution in [0.25, 0.3) is 0 Å². The summed E-state index contributed by atoms with van der Waals surface area (Å²) in [6.07, 6.45) is 0.558. The molecule has 0 aromatic carbocycles. The van der Waals surface area contributed by atoms with Gasteiger partial charge in [0.2, 0.25) is 5.12 Å². The van der Waals surface area contributed by atoms with Crippen molar-refractivity contribution in [2.24, 2.45) is 10.3 Å². The van der Waals surface area contributed by atoms with E-state index in [9.17, 15) is 4.79 Å². The van der Waals surface area contributed by atoms with Gasteiger partial charge in [-0.15, -0.1) is 0 Å². The largest absolute Gasteiger partial charge is 0.285 e. The summed E-state index contributed by atoms with van der Waals surface area (Å²) in [5.74, 6) is 0.434. The molecule has 0 atom stereocenters. The van der Waals surface area contributed by atoms with E-state index in [2.05, 4.69) is 18.2 Å². The molecular formula is C6H9NOS. The Balaban J connectivity index is 2.55. The van der Waals surface area contributed by atoms with E-state index in [0.29, 0.717) is 12.3 Å². The van der Waals surface area contributed by atoms with Gasteiger partial charge in [-0.05, 0) is 5.92 Å². The van der Waals surface area contributed by atoms with Gasteiger partial charge in [0, 0.05) is 17.7 Å². The maximum absolute atomic E-state index is 10.6. The lowest BCUT2D eigenvalue weighted by molar-refractivity contribution is -0.109. The van der Waals surface area contributed by atoms with E-state index >= 15 is 0 Å². The van der Waals surface area contributed by atoms with Gasteiger partial charge in [0.25, 0.3) is 0 Å². The summed E-state index contributed by atoms with van der Waals surface area (Å²) in [7, 11) is 0. The minimum atomic E-state index is 0.179. The molecule has 0 amide bonds. The molecule has 0 saturated heterocycles. The van der Waals surface area contributed by atoms with Crippen LogP contribution in [0.5, 0.6) is 0 Å². The van der Waals surface area contributed by atoms with Crippen molar-refractivity contribution in [3.05, 3.63) is 0 Å². The van der Waals surface area contributed by atoms with E-state index in [4.69, 9.17) is 0 Å². The molecule has 0 fully saturated rings. The van der Waals surface area contributed by atoms with Crippen LogP contribution in [0, 0.1) is 5.92 Å². The molecule has 0 radical (unpaired) electrons. The smallest absolute Gasteiger partial charge is 0.216 e. The van der Waals surface area contributed by atoms with Gasteiger partial charge in [-0.2, -0.15) is 0 Å². The van der Waals surface area contributed by atoms with Gasteiger partial charge < -0.3 is 0 Å². The SMILES string of the molecule is CC(C)C1=NSC(=O)C1. The summed E-state index contributed by atoms with van der Waals surface area (Å²) in [5.41, 5.74) is 1.03. The van der Waals surface area contributed by atoms with E-state index in [0.717, 1.165) is 17.7 Å². The molecule has 0 aromatic heterocycles. The first-order valence-corrected chi connectivity index (χ1v) is 3.74. The Morgan fingerprint density at radius 3 is 2.56 bits per heavy atom. The molecule has 3 heteroatoms. The van der Waals surface area contributed by atoms with Crippen LogP contribution in [0.15, 0.2) is 4.40 Å². The Labute approximate surface area is 58.9 Å². The lowest BCUT2D eigenvalue weighted by atomic mass is 10.1. The van der Waals surface area contributed by atoms with Crippen LogP contribution >= 0.6 is 11.9 Å². The Bertz CT molecular complexity index is 162. The third-order valence-electron chi connectivity index (χ3n) is 1.26. The Morgan fingerprint density at radius 2 is 2.33 bits per heavy atom. The van der Waals surface area contributed by atoms with Crippen LogP contribution in [0.2, 0.25) is 0 Å². The molecule has 9 heavy (non-hydrogen) atoms. The molecule has 0 spiro atoms. The lowest BCUT2D eigenvalue weighted by Gasteiger charge is -1.98. The van der Waals surface area contributed by atoms with Crippen LogP contribution < -0.4 is 0 Å². The van der Waals surface area contributed by atoms with Gasteiger partial charge in [0.05, 0.1) is 6.42 Å². The second kappa shape index (κ2) is 2.52. The van der Waals surface area contributed by atoms with Gasteiger partial charge in [0.1, 0.15) is 0 Å². The third kappa shape index (κ3) is 1.55. The fraction of sp³-hybridized carbons (Fsp3) is 0.667. The van der Waals surface area contributed by atoms with Crippen molar-refractivity contribution in [3.63, 3.8) is 0 Å². The lowest BCUT2D eigenvalue weighted by Crippen LogP contribution is -2.05. The van der Waals surface area contributed by atoms with Crippen molar-refractivity contribution in [2.75, 3.05) is 0 Å². The maximum atomic E-state index is 10.6. The van der Waals surface area contributed by atoms with Gasteiger partial charge in [-0.25, -0.2) is 4.40 Å². The van der Waals surface area contributed by atoms with Gasteiger partial charge >= 0.3 is 0 Å². The number of rotatable bonds is 1. The normalized spacial score (nSPS) is 19.0. The fourth-order valence-corrected chi connectivity index (χ4v) is 1.34. The van der Waals surface area contributed by atoms with Gasteiger partial charge in [-0.1, -0.05) is 13.8 Å². The van der Waals surface area contributed by atoms with Crippen LogP contribution in [-0.4, -0.2) is 10.8 Å². The van der Waals surface area contributed by atoms with E-state index in [-0.39, 0.29) is 5.12 Å². The summed E-state index contributed by atoms with van der Waals surface area (Å²) in [4.78, 5) is 10.6. The van der Waals surface area contributed by atoms with Crippen LogP contribution in [-0.2, 0) is 4.79 Å². The summed E-state index contributed by atoms with van der Waals surface area (Å²) in [6, 6.07) is 0. The first-order valence-electron chi connectivity index (χ1n) is 2.96. The molecule has 0 bridgehead atoms. The average Bonchev–Trinajstić information content (AvgIpc) is 2.14. The molecule has 0 aromatic rings. The molecule has 1 heterocycles. The molecule has 1 rings (SSSR count). The Morgan fingerprint density at radius 1 is 1.67 bits per heavy atom. The maximum Gasteiger partial charge on any atom is 0.216 e. The number of nitrogens with zero attached hydrogens (tertiary/aromatic N) is 1. The van der Waals surface area contributed by atoms with Crippen LogP contribution in [0.1, 0.15) is 20.3 Å². The van der Waals surface area contributed by atoms with Crippen molar-refractivity contribution >= 4 is 22.8 Å². The molecule has 0 aliphatic carbocycles. The average molecular weight is 143 g/mol. The topological polar surface area (TPSA) is 29.4 Å². The molecule has 0 N–H and O–H groups in total. The molecule has 1 aliphatic heterocycles. The minimum Gasteiger partial charge on any atom is -0.285 e. The van der Waals surface area contributed by atoms with Crippen molar-refractivity contribution in [1.29, 1.82) is 0 Å². The highest BCUT2D eigenvalue weighted by Crippen LogP contribution is 2.20. The number of carbonyl (C=O) groups is 1. The van der Waals surface area contributed by atoms with Gasteiger partial charge in [-0.3, -0.25) is 4.79 Å². The van der Waals surface area contributed by atoms with Crippen LogP contribution in [0.4, 0.5) is 0 Å². The minimum absolute atomic E-state index is 0.179. The highest BCUT2D eigenvalue weighted by atomic mass is 32.2. The summed E-state index contributed by atoms with van der Waals surface area (Å²) < 4.78 is 4.00. The fourth-order valence-electron chi connectivity index (χ4n) is 0.632. The van der Waals surface area contributed by atoms with E-state index in [1.807, 2.05) is 0 Å². The van der Waals surface area contributed by atoms with Crippen molar-refractivity contribution in [1.82, 2.24) is 0 Å². The summed E-state index contributed by atoms with van der Waals surface area (Å²) in [5, 5.41) is 0.179. The molecule has 0 unspecified atom stereocenters. The van der Waals surface area contributed by atoms with Crippen molar-refractivity contribution in [2.45, 2.75) is 20.3 Å². The predicted octanol–water partition coefficient (Wildman–Crippen LogP) is 1.66. The van der Waals surface area contributed by atoms with E-state index < -0.39 is 0 Å².